The molecule has 0 aliphatic heterocycles. The Balaban J connectivity index is 2.03. The first-order chi connectivity index (χ1) is 6.83. The Hall–Kier alpha value is -0.340. The Labute approximate surface area is 87.7 Å². The highest BCUT2D eigenvalue weighted by Crippen LogP contribution is 2.17. The van der Waals surface area contributed by atoms with Gasteiger partial charge in [-0.1, -0.05) is 25.3 Å². The van der Waals surface area contributed by atoms with E-state index in [0.29, 0.717) is 12.7 Å². The number of hydrogen-bond acceptors (Lipinski definition) is 2. The Morgan fingerprint density at radius 3 is 2.79 bits per heavy atom. The van der Waals surface area contributed by atoms with Crippen molar-refractivity contribution < 1.29 is 4.74 Å². The Kier molecular flexibility index (Phi) is 5.88. The molecule has 1 rings (SSSR count). The van der Waals surface area contributed by atoms with Gasteiger partial charge in [0.05, 0.1) is 12.7 Å². The molecule has 0 aromatic heterocycles. The molecule has 1 N–H and O–H groups in total. The molecule has 0 aromatic carbocycles. The minimum absolute atomic E-state index is 0.301. The lowest BCUT2D eigenvalue weighted by atomic mass is 9.95. The van der Waals surface area contributed by atoms with Crippen molar-refractivity contribution in [3.8, 4) is 0 Å². The summed E-state index contributed by atoms with van der Waals surface area (Å²) in [4.78, 5) is 0. The molecule has 2 heteroatoms. The molecule has 82 valence electrons. The van der Waals surface area contributed by atoms with Crippen LogP contribution in [0.25, 0.3) is 0 Å². The van der Waals surface area contributed by atoms with Gasteiger partial charge in [-0.3, -0.25) is 0 Å². The fourth-order valence-electron chi connectivity index (χ4n) is 1.93. The van der Waals surface area contributed by atoms with E-state index in [1.807, 2.05) is 0 Å². The monoisotopic (exact) mass is 197 g/mol. The number of rotatable bonds is 6. The standard InChI is InChI=1S/C12H23NO/c1-3-9-14-11(2)10-13-12-7-5-4-6-8-12/h3,11-13H,1,4-10H2,2H3. The van der Waals surface area contributed by atoms with Gasteiger partial charge in [0.25, 0.3) is 0 Å². The summed E-state index contributed by atoms with van der Waals surface area (Å²) in [5.74, 6) is 0. The van der Waals surface area contributed by atoms with Crippen molar-refractivity contribution in [3.63, 3.8) is 0 Å². The van der Waals surface area contributed by atoms with Gasteiger partial charge in [0.15, 0.2) is 0 Å². The van der Waals surface area contributed by atoms with Gasteiger partial charge in [0.1, 0.15) is 0 Å². The van der Waals surface area contributed by atoms with Crippen LogP contribution in [-0.2, 0) is 4.74 Å². The summed E-state index contributed by atoms with van der Waals surface area (Å²) < 4.78 is 5.50. The lowest BCUT2D eigenvalue weighted by Crippen LogP contribution is -2.36. The average molecular weight is 197 g/mol. The molecule has 0 aromatic rings. The van der Waals surface area contributed by atoms with E-state index in [2.05, 4.69) is 18.8 Å². The van der Waals surface area contributed by atoms with Crippen LogP contribution in [0, 0.1) is 0 Å². The molecule has 0 bridgehead atoms. The van der Waals surface area contributed by atoms with Crippen molar-refractivity contribution in [1.82, 2.24) is 5.32 Å². The third-order valence-electron chi connectivity index (χ3n) is 2.80. The summed E-state index contributed by atoms with van der Waals surface area (Å²) in [5, 5.41) is 3.57. The maximum atomic E-state index is 5.50. The van der Waals surface area contributed by atoms with E-state index in [1.165, 1.54) is 32.1 Å². The summed E-state index contributed by atoms with van der Waals surface area (Å²) in [6.45, 7) is 7.38. The SMILES string of the molecule is C=CCOC(C)CNC1CCCCC1. The molecule has 0 radical (unpaired) electrons. The van der Waals surface area contributed by atoms with E-state index in [9.17, 15) is 0 Å². The molecule has 0 amide bonds. The van der Waals surface area contributed by atoms with Gasteiger partial charge in [-0.15, -0.1) is 6.58 Å². The highest BCUT2D eigenvalue weighted by molar-refractivity contribution is 4.73. The van der Waals surface area contributed by atoms with Crippen LogP contribution >= 0.6 is 0 Å². The van der Waals surface area contributed by atoms with Crippen molar-refractivity contribution in [2.45, 2.75) is 51.2 Å². The zero-order valence-corrected chi connectivity index (χ0v) is 9.30. The van der Waals surface area contributed by atoms with Crippen LogP contribution < -0.4 is 5.32 Å². The molecule has 1 atom stereocenters. The molecule has 0 spiro atoms. The van der Waals surface area contributed by atoms with E-state index in [1.54, 1.807) is 6.08 Å². The quantitative estimate of drug-likeness (QED) is 0.661. The van der Waals surface area contributed by atoms with Crippen LogP contribution in [0.3, 0.4) is 0 Å². The topological polar surface area (TPSA) is 21.3 Å². The van der Waals surface area contributed by atoms with Crippen LogP contribution in [0.15, 0.2) is 12.7 Å². The van der Waals surface area contributed by atoms with Gasteiger partial charge >= 0.3 is 0 Å². The molecule has 1 aliphatic carbocycles. The number of ether oxygens (including phenoxy) is 1. The maximum absolute atomic E-state index is 5.50. The first-order valence-corrected chi connectivity index (χ1v) is 5.79. The predicted octanol–water partition coefficient (Wildman–Crippen LogP) is 2.50. The Bertz CT molecular complexity index is 152. The van der Waals surface area contributed by atoms with Gasteiger partial charge in [-0.2, -0.15) is 0 Å². The molecule has 1 saturated carbocycles. The third kappa shape index (κ3) is 4.77. The Morgan fingerprint density at radius 2 is 2.14 bits per heavy atom. The average Bonchev–Trinajstić information content (AvgIpc) is 2.25. The highest BCUT2D eigenvalue weighted by Gasteiger charge is 2.13. The van der Waals surface area contributed by atoms with Gasteiger partial charge < -0.3 is 10.1 Å². The van der Waals surface area contributed by atoms with E-state index >= 15 is 0 Å². The lowest BCUT2D eigenvalue weighted by Gasteiger charge is -2.24. The third-order valence-corrected chi connectivity index (χ3v) is 2.80. The van der Waals surface area contributed by atoms with Gasteiger partial charge in [-0.05, 0) is 19.8 Å². The Morgan fingerprint density at radius 1 is 1.43 bits per heavy atom. The molecule has 14 heavy (non-hydrogen) atoms. The van der Waals surface area contributed by atoms with Gasteiger partial charge in [0, 0.05) is 12.6 Å². The largest absolute Gasteiger partial charge is 0.373 e. The summed E-state index contributed by atoms with van der Waals surface area (Å²) in [6.07, 6.45) is 8.98. The zero-order chi connectivity index (χ0) is 10.2. The van der Waals surface area contributed by atoms with Crippen molar-refractivity contribution >= 4 is 0 Å². The first-order valence-electron chi connectivity index (χ1n) is 5.79. The molecule has 1 fully saturated rings. The number of hydrogen-bond donors (Lipinski definition) is 1. The van der Waals surface area contributed by atoms with Gasteiger partial charge in [0.2, 0.25) is 0 Å². The molecule has 0 saturated heterocycles. The summed E-state index contributed by atoms with van der Waals surface area (Å²) in [7, 11) is 0. The normalized spacial score (nSPS) is 20.6. The van der Waals surface area contributed by atoms with Crippen LogP contribution in [0.1, 0.15) is 39.0 Å². The van der Waals surface area contributed by atoms with E-state index < -0.39 is 0 Å². The smallest absolute Gasteiger partial charge is 0.0675 e. The first kappa shape index (κ1) is 11.7. The summed E-state index contributed by atoms with van der Waals surface area (Å²) in [5.41, 5.74) is 0. The second-order valence-corrected chi connectivity index (χ2v) is 4.18. The van der Waals surface area contributed by atoms with Crippen molar-refractivity contribution in [2.24, 2.45) is 0 Å². The lowest BCUT2D eigenvalue weighted by molar-refractivity contribution is 0.0842. The second-order valence-electron chi connectivity index (χ2n) is 4.18. The second kappa shape index (κ2) is 7.02. The molecule has 0 heterocycles. The summed E-state index contributed by atoms with van der Waals surface area (Å²) in [6, 6.07) is 0.735. The predicted molar refractivity (Wildman–Crippen MR) is 60.5 cm³/mol. The molecular formula is C12H23NO. The van der Waals surface area contributed by atoms with E-state index in [-0.39, 0.29) is 0 Å². The van der Waals surface area contributed by atoms with Crippen LogP contribution in [0.5, 0.6) is 0 Å². The van der Waals surface area contributed by atoms with Gasteiger partial charge in [-0.25, -0.2) is 0 Å². The van der Waals surface area contributed by atoms with Crippen molar-refractivity contribution in [1.29, 1.82) is 0 Å². The van der Waals surface area contributed by atoms with E-state index in [4.69, 9.17) is 4.74 Å². The fourth-order valence-corrected chi connectivity index (χ4v) is 1.93. The molecule has 1 aliphatic rings. The van der Waals surface area contributed by atoms with Crippen LogP contribution in [0.4, 0.5) is 0 Å². The molecular weight excluding hydrogens is 174 g/mol. The minimum Gasteiger partial charge on any atom is -0.373 e. The molecule has 1 unspecified atom stereocenters. The summed E-state index contributed by atoms with van der Waals surface area (Å²) >= 11 is 0. The van der Waals surface area contributed by atoms with Crippen LogP contribution in [0.2, 0.25) is 0 Å². The highest BCUT2D eigenvalue weighted by atomic mass is 16.5. The zero-order valence-electron chi connectivity index (χ0n) is 9.30. The van der Waals surface area contributed by atoms with Crippen molar-refractivity contribution in [3.05, 3.63) is 12.7 Å². The molecule has 2 nitrogen and oxygen atoms in total. The maximum Gasteiger partial charge on any atom is 0.0675 e. The van der Waals surface area contributed by atoms with E-state index in [0.717, 1.165) is 12.6 Å². The number of nitrogens with one attached hydrogen (secondary N) is 1. The minimum atomic E-state index is 0.301. The van der Waals surface area contributed by atoms with Crippen molar-refractivity contribution in [2.75, 3.05) is 13.2 Å². The van der Waals surface area contributed by atoms with Crippen LogP contribution in [-0.4, -0.2) is 25.3 Å². The fraction of sp³-hybridized carbons (Fsp3) is 0.833.